The summed E-state index contributed by atoms with van der Waals surface area (Å²) >= 11 is 0. The fourth-order valence-corrected chi connectivity index (χ4v) is 2.80. The predicted octanol–water partition coefficient (Wildman–Crippen LogP) is 2.82. The van der Waals surface area contributed by atoms with E-state index in [9.17, 15) is 9.90 Å². The molecule has 1 fully saturated rings. The highest BCUT2D eigenvalue weighted by Crippen LogP contribution is 2.24. The summed E-state index contributed by atoms with van der Waals surface area (Å²) in [5.41, 5.74) is 1.42. The van der Waals surface area contributed by atoms with Crippen molar-refractivity contribution in [3.05, 3.63) is 29.3 Å². The van der Waals surface area contributed by atoms with Crippen LogP contribution in [0.25, 0.3) is 0 Å². The second-order valence-electron chi connectivity index (χ2n) is 5.66. The van der Waals surface area contributed by atoms with Crippen molar-refractivity contribution in [1.29, 1.82) is 0 Å². The van der Waals surface area contributed by atoms with E-state index >= 15 is 0 Å². The maximum atomic E-state index is 12.4. The summed E-state index contributed by atoms with van der Waals surface area (Å²) in [5.74, 6) is 1.45. The number of rotatable bonds is 1. The number of hydrogen-bond donors (Lipinski definition) is 1. The molecule has 98 valence electrons. The van der Waals surface area contributed by atoms with Gasteiger partial charge in [-0.1, -0.05) is 13.8 Å². The van der Waals surface area contributed by atoms with Gasteiger partial charge in [0.2, 0.25) is 0 Å². The highest BCUT2D eigenvalue weighted by Gasteiger charge is 2.26. The number of hydrogen-bond acceptors (Lipinski definition) is 2. The second-order valence-corrected chi connectivity index (χ2v) is 5.66. The summed E-state index contributed by atoms with van der Waals surface area (Å²) in [5, 5.41) is 9.50. The summed E-state index contributed by atoms with van der Waals surface area (Å²) < 4.78 is 0. The Kier molecular flexibility index (Phi) is 3.60. The molecule has 1 aromatic carbocycles. The molecule has 1 aliphatic heterocycles. The van der Waals surface area contributed by atoms with Crippen molar-refractivity contribution >= 4 is 5.91 Å². The average Bonchev–Trinajstić information content (AvgIpc) is 2.30. The quantitative estimate of drug-likeness (QED) is 0.829. The second kappa shape index (κ2) is 5.01. The molecule has 2 unspecified atom stereocenters. The molecule has 1 aromatic rings. The predicted molar refractivity (Wildman–Crippen MR) is 71.7 cm³/mol. The molecule has 0 aliphatic carbocycles. The third kappa shape index (κ3) is 2.66. The molecular formula is C15H21NO2. The van der Waals surface area contributed by atoms with E-state index in [0.29, 0.717) is 17.4 Å². The molecule has 1 N–H and O–H groups in total. The minimum absolute atomic E-state index is 0.0801. The van der Waals surface area contributed by atoms with Gasteiger partial charge >= 0.3 is 0 Å². The Hall–Kier alpha value is -1.51. The number of phenols is 1. The lowest BCUT2D eigenvalue weighted by Gasteiger charge is -2.35. The number of carbonyl (C=O) groups is 1. The summed E-state index contributed by atoms with van der Waals surface area (Å²) in [6.45, 7) is 7.87. The van der Waals surface area contributed by atoms with Gasteiger partial charge in [0, 0.05) is 18.7 Å². The highest BCUT2D eigenvalue weighted by atomic mass is 16.3. The molecule has 2 atom stereocenters. The van der Waals surface area contributed by atoms with Crippen LogP contribution >= 0.6 is 0 Å². The maximum absolute atomic E-state index is 12.4. The Balaban J connectivity index is 2.17. The van der Waals surface area contributed by atoms with Gasteiger partial charge in [-0.2, -0.15) is 0 Å². The fraction of sp³-hybridized carbons (Fsp3) is 0.533. The van der Waals surface area contributed by atoms with Gasteiger partial charge in [0.25, 0.3) is 5.91 Å². The summed E-state index contributed by atoms with van der Waals surface area (Å²) in [6, 6.07) is 5.07. The van der Waals surface area contributed by atoms with Crippen molar-refractivity contribution in [1.82, 2.24) is 4.90 Å². The van der Waals surface area contributed by atoms with Gasteiger partial charge in [-0.15, -0.1) is 0 Å². The maximum Gasteiger partial charge on any atom is 0.253 e. The molecule has 3 nitrogen and oxygen atoms in total. The molecule has 1 aliphatic rings. The Morgan fingerprint density at radius 2 is 1.89 bits per heavy atom. The van der Waals surface area contributed by atoms with Crippen molar-refractivity contribution in [2.45, 2.75) is 27.2 Å². The first-order valence-corrected chi connectivity index (χ1v) is 6.56. The van der Waals surface area contributed by atoms with E-state index in [1.807, 2.05) is 11.8 Å². The number of aromatic hydroxyl groups is 1. The van der Waals surface area contributed by atoms with Crippen molar-refractivity contribution < 1.29 is 9.90 Å². The number of benzene rings is 1. The van der Waals surface area contributed by atoms with Gasteiger partial charge in [-0.3, -0.25) is 4.79 Å². The Labute approximate surface area is 108 Å². The van der Waals surface area contributed by atoms with E-state index in [-0.39, 0.29) is 11.7 Å². The zero-order valence-electron chi connectivity index (χ0n) is 11.3. The lowest BCUT2D eigenvalue weighted by molar-refractivity contribution is 0.0623. The standard InChI is InChI=1S/C15H21NO2/c1-10-6-11(2)9-16(8-10)15(18)13-4-5-14(17)12(3)7-13/h4-5,7,10-11,17H,6,8-9H2,1-3H3. The lowest BCUT2D eigenvalue weighted by atomic mass is 9.91. The average molecular weight is 247 g/mol. The number of aryl methyl sites for hydroxylation is 1. The first-order valence-electron chi connectivity index (χ1n) is 6.56. The number of amides is 1. The molecular weight excluding hydrogens is 226 g/mol. The van der Waals surface area contributed by atoms with E-state index in [0.717, 1.165) is 18.7 Å². The lowest BCUT2D eigenvalue weighted by Crippen LogP contribution is -2.42. The number of piperidine rings is 1. The Morgan fingerprint density at radius 3 is 2.44 bits per heavy atom. The van der Waals surface area contributed by atoms with Gasteiger partial charge in [0.15, 0.2) is 0 Å². The molecule has 0 spiro atoms. The summed E-state index contributed by atoms with van der Waals surface area (Å²) in [4.78, 5) is 14.3. The van der Waals surface area contributed by atoms with E-state index in [4.69, 9.17) is 0 Å². The molecule has 0 bridgehead atoms. The molecule has 0 saturated carbocycles. The van der Waals surface area contributed by atoms with Crippen LogP contribution in [-0.4, -0.2) is 29.0 Å². The van der Waals surface area contributed by atoms with Gasteiger partial charge in [-0.05, 0) is 48.9 Å². The molecule has 0 radical (unpaired) electrons. The van der Waals surface area contributed by atoms with Gasteiger partial charge in [-0.25, -0.2) is 0 Å². The topological polar surface area (TPSA) is 40.5 Å². The van der Waals surface area contributed by atoms with Crippen molar-refractivity contribution in [3.8, 4) is 5.75 Å². The SMILES string of the molecule is Cc1cc(C(=O)N2CC(C)CC(C)C2)ccc1O. The van der Waals surface area contributed by atoms with E-state index in [1.165, 1.54) is 6.42 Å². The van der Waals surface area contributed by atoms with Crippen molar-refractivity contribution in [2.75, 3.05) is 13.1 Å². The largest absolute Gasteiger partial charge is 0.508 e. The van der Waals surface area contributed by atoms with Crippen LogP contribution in [0.3, 0.4) is 0 Å². The fourth-order valence-electron chi connectivity index (χ4n) is 2.80. The molecule has 0 aromatic heterocycles. The normalized spacial score (nSPS) is 24.1. The van der Waals surface area contributed by atoms with Crippen LogP contribution in [0.5, 0.6) is 5.75 Å². The molecule has 18 heavy (non-hydrogen) atoms. The zero-order chi connectivity index (χ0) is 13.3. The Bertz CT molecular complexity index is 446. The van der Waals surface area contributed by atoms with E-state index < -0.39 is 0 Å². The van der Waals surface area contributed by atoms with Crippen molar-refractivity contribution in [3.63, 3.8) is 0 Å². The van der Waals surface area contributed by atoms with Crippen LogP contribution in [0, 0.1) is 18.8 Å². The van der Waals surface area contributed by atoms with Crippen LogP contribution in [0.2, 0.25) is 0 Å². The summed E-state index contributed by atoms with van der Waals surface area (Å²) in [7, 11) is 0. The van der Waals surface area contributed by atoms with Crippen LogP contribution < -0.4 is 0 Å². The number of likely N-dealkylation sites (tertiary alicyclic amines) is 1. The van der Waals surface area contributed by atoms with Crippen molar-refractivity contribution in [2.24, 2.45) is 11.8 Å². The Morgan fingerprint density at radius 1 is 1.28 bits per heavy atom. The molecule has 1 saturated heterocycles. The van der Waals surface area contributed by atoms with Gasteiger partial charge in [0.1, 0.15) is 5.75 Å². The first kappa shape index (κ1) is 12.9. The van der Waals surface area contributed by atoms with E-state index in [2.05, 4.69) is 13.8 Å². The number of nitrogens with zero attached hydrogens (tertiary/aromatic N) is 1. The van der Waals surface area contributed by atoms with Crippen LogP contribution in [0.4, 0.5) is 0 Å². The van der Waals surface area contributed by atoms with Crippen LogP contribution in [0.1, 0.15) is 36.2 Å². The van der Waals surface area contributed by atoms with E-state index in [1.54, 1.807) is 18.2 Å². The third-order valence-corrected chi connectivity index (χ3v) is 3.60. The zero-order valence-corrected chi connectivity index (χ0v) is 11.3. The van der Waals surface area contributed by atoms with Gasteiger partial charge < -0.3 is 10.0 Å². The smallest absolute Gasteiger partial charge is 0.253 e. The number of phenolic OH excluding ortho intramolecular Hbond substituents is 1. The molecule has 1 amide bonds. The van der Waals surface area contributed by atoms with Crippen LogP contribution in [-0.2, 0) is 0 Å². The first-order chi connectivity index (χ1) is 8.47. The van der Waals surface area contributed by atoms with Crippen LogP contribution in [0.15, 0.2) is 18.2 Å². The highest BCUT2D eigenvalue weighted by molar-refractivity contribution is 5.94. The number of carbonyl (C=O) groups excluding carboxylic acids is 1. The van der Waals surface area contributed by atoms with Gasteiger partial charge in [0.05, 0.1) is 0 Å². The minimum atomic E-state index is 0.0801. The monoisotopic (exact) mass is 247 g/mol. The third-order valence-electron chi connectivity index (χ3n) is 3.60. The molecule has 1 heterocycles. The molecule has 3 heteroatoms. The summed E-state index contributed by atoms with van der Waals surface area (Å²) in [6.07, 6.45) is 1.19. The molecule has 2 rings (SSSR count). The minimum Gasteiger partial charge on any atom is -0.508 e.